The average molecular weight is 155 g/mol. The first-order chi connectivity index (χ1) is 5.24. The summed E-state index contributed by atoms with van der Waals surface area (Å²) in [5.41, 5.74) is 0.296. The first kappa shape index (κ1) is 7.65. The largest absolute Gasteiger partial charge is 0.399 e. The molecule has 0 unspecified atom stereocenters. The third kappa shape index (κ3) is 1.73. The molecule has 0 saturated carbocycles. The van der Waals surface area contributed by atoms with Crippen LogP contribution in [-0.4, -0.2) is 18.6 Å². The van der Waals surface area contributed by atoms with E-state index < -0.39 is 11.6 Å². The van der Waals surface area contributed by atoms with Gasteiger partial charge in [0.1, 0.15) is 12.8 Å². The highest BCUT2D eigenvalue weighted by Gasteiger charge is 2.10. The lowest BCUT2D eigenvalue weighted by molar-refractivity contribution is -0.112. The van der Waals surface area contributed by atoms with Gasteiger partial charge in [-0.25, -0.2) is 4.39 Å². The lowest BCUT2D eigenvalue weighted by atomic mass is 10.1. The highest BCUT2D eigenvalue weighted by Crippen LogP contribution is 2.06. The molecule has 0 bridgehead atoms. The van der Waals surface area contributed by atoms with Gasteiger partial charge in [0, 0.05) is 6.08 Å². The van der Waals surface area contributed by atoms with Gasteiger partial charge in [0.15, 0.2) is 5.83 Å². The van der Waals surface area contributed by atoms with E-state index in [1.807, 2.05) is 0 Å². The summed E-state index contributed by atoms with van der Waals surface area (Å²) in [4.78, 5) is 14.9. The van der Waals surface area contributed by atoms with Crippen LogP contribution in [0.4, 0.5) is 4.39 Å². The monoisotopic (exact) mass is 155 g/mol. The Morgan fingerprint density at radius 3 is 2.82 bits per heavy atom. The molecule has 0 aromatic rings. The number of nitrogens with zero attached hydrogens (tertiary/aromatic N) is 1. The number of hydrogen-bond acceptors (Lipinski definition) is 3. The van der Waals surface area contributed by atoms with E-state index in [2.05, 4.69) is 9.99 Å². The first-order valence-corrected chi connectivity index (χ1v) is 2.95. The van der Waals surface area contributed by atoms with Gasteiger partial charge >= 0.3 is 0 Å². The van der Waals surface area contributed by atoms with Crippen LogP contribution in [0.25, 0.3) is 0 Å². The lowest BCUT2D eigenvalue weighted by Crippen LogP contribution is -2.04. The molecule has 0 aliphatic heterocycles. The van der Waals surface area contributed by atoms with Gasteiger partial charge in [-0.15, -0.1) is 0 Å². The highest BCUT2D eigenvalue weighted by molar-refractivity contribution is 6.18. The third-order valence-corrected chi connectivity index (χ3v) is 1.11. The summed E-state index contributed by atoms with van der Waals surface area (Å²) in [7, 11) is 1.35. The topological polar surface area (TPSA) is 38.7 Å². The Morgan fingerprint density at radius 1 is 1.55 bits per heavy atom. The quantitative estimate of drug-likeness (QED) is 0.418. The molecule has 58 valence electrons. The Morgan fingerprint density at radius 2 is 2.27 bits per heavy atom. The van der Waals surface area contributed by atoms with Gasteiger partial charge in [0.25, 0.3) is 0 Å². The Balaban J connectivity index is 2.85. The van der Waals surface area contributed by atoms with Gasteiger partial charge in [-0.1, -0.05) is 5.16 Å². The predicted octanol–water partition coefficient (Wildman–Crippen LogP) is 0.981. The summed E-state index contributed by atoms with van der Waals surface area (Å²) in [5.74, 6) is -1.46. The van der Waals surface area contributed by atoms with E-state index >= 15 is 0 Å². The number of ketones is 1. The fraction of sp³-hybridized carbons (Fsp3) is 0.143. The maximum atomic E-state index is 12.5. The van der Waals surface area contributed by atoms with Crippen LogP contribution in [0.3, 0.4) is 0 Å². The van der Waals surface area contributed by atoms with Crippen molar-refractivity contribution in [3.63, 3.8) is 0 Å². The van der Waals surface area contributed by atoms with Gasteiger partial charge in [-0.2, -0.15) is 0 Å². The first-order valence-electron chi connectivity index (χ1n) is 2.95. The normalized spacial score (nSPS) is 20.4. The van der Waals surface area contributed by atoms with E-state index in [-0.39, 0.29) is 0 Å². The molecule has 0 aromatic carbocycles. The van der Waals surface area contributed by atoms with E-state index in [0.29, 0.717) is 5.71 Å². The number of carbonyl (C=O) groups is 1. The molecular formula is C7H6FNO2. The molecule has 0 N–H and O–H groups in total. The van der Waals surface area contributed by atoms with Crippen molar-refractivity contribution in [1.29, 1.82) is 0 Å². The zero-order valence-corrected chi connectivity index (χ0v) is 5.87. The molecule has 0 fully saturated rings. The molecule has 0 radical (unpaired) electrons. The molecule has 1 rings (SSSR count). The molecule has 4 heteroatoms. The van der Waals surface area contributed by atoms with Crippen LogP contribution in [-0.2, 0) is 9.63 Å². The number of oxime groups is 1. The van der Waals surface area contributed by atoms with Crippen molar-refractivity contribution in [2.75, 3.05) is 7.11 Å². The van der Waals surface area contributed by atoms with Gasteiger partial charge < -0.3 is 4.84 Å². The number of hydrogen-bond donors (Lipinski definition) is 0. The van der Waals surface area contributed by atoms with Crippen LogP contribution in [0.1, 0.15) is 0 Å². The third-order valence-electron chi connectivity index (χ3n) is 1.11. The molecule has 1 aliphatic carbocycles. The number of halogens is 1. The number of rotatable bonds is 1. The molecule has 0 saturated heterocycles. The molecule has 0 aromatic heterocycles. The van der Waals surface area contributed by atoms with E-state index in [9.17, 15) is 9.18 Å². The number of allylic oxidation sites excluding steroid dienone is 4. The van der Waals surface area contributed by atoms with E-state index in [1.54, 1.807) is 0 Å². The lowest BCUT2D eigenvalue weighted by Gasteiger charge is -1.98. The van der Waals surface area contributed by atoms with Crippen LogP contribution in [0, 0.1) is 0 Å². The molecular weight excluding hydrogens is 149 g/mol. The van der Waals surface area contributed by atoms with Crippen LogP contribution in [0.5, 0.6) is 0 Å². The van der Waals surface area contributed by atoms with Crippen LogP contribution in [0.2, 0.25) is 0 Å². The summed E-state index contributed by atoms with van der Waals surface area (Å²) in [6, 6.07) is 0. The zero-order chi connectivity index (χ0) is 8.27. The molecule has 0 atom stereocenters. The highest BCUT2D eigenvalue weighted by atomic mass is 19.1. The summed E-state index contributed by atoms with van der Waals surface area (Å²) in [6.07, 6.45) is 3.51. The van der Waals surface area contributed by atoms with E-state index in [0.717, 1.165) is 12.2 Å². The predicted molar refractivity (Wildman–Crippen MR) is 37.8 cm³/mol. The molecule has 11 heavy (non-hydrogen) atoms. The van der Waals surface area contributed by atoms with Crippen molar-refractivity contribution in [3.05, 3.63) is 24.1 Å². The Hall–Kier alpha value is -1.45. The van der Waals surface area contributed by atoms with Gasteiger partial charge in [0.2, 0.25) is 5.78 Å². The standard InChI is InChI=1S/C7H6FNO2/c1-11-9-5-2-3-7(10)6(8)4-5/h2-4H,1H3. The molecule has 0 spiro atoms. The van der Waals surface area contributed by atoms with Crippen molar-refractivity contribution >= 4 is 11.5 Å². The molecule has 0 heterocycles. The van der Waals surface area contributed by atoms with Crippen LogP contribution < -0.4 is 0 Å². The van der Waals surface area contributed by atoms with Gasteiger partial charge in [-0.05, 0) is 12.2 Å². The number of carbonyl (C=O) groups excluding carboxylic acids is 1. The van der Waals surface area contributed by atoms with Crippen LogP contribution >= 0.6 is 0 Å². The second-order valence-corrected chi connectivity index (χ2v) is 1.89. The fourth-order valence-corrected chi connectivity index (χ4v) is 0.652. The SMILES string of the molecule is CON=C1C=CC(=O)C(F)=C1. The molecule has 0 amide bonds. The Labute approximate surface area is 62.8 Å². The van der Waals surface area contributed by atoms with Crippen molar-refractivity contribution in [3.8, 4) is 0 Å². The summed E-state index contributed by atoms with van der Waals surface area (Å²) in [6.45, 7) is 0. The summed E-state index contributed by atoms with van der Waals surface area (Å²) in [5, 5.41) is 3.43. The smallest absolute Gasteiger partial charge is 0.214 e. The second kappa shape index (κ2) is 3.09. The summed E-state index contributed by atoms with van der Waals surface area (Å²) < 4.78 is 12.5. The molecule has 1 aliphatic rings. The minimum absolute atomic E-state index is 0.296. The zero-order valence-electron chi connectivity index (χ0n) is 5.87. The van der Waals surface area contributed by atoms with Crippen molar-refractivity contribution in [2.45, 2.75) is 0 Å². The minimum atomic E-state index is -0.816. The Bertz CT molecular complexity index is 266. The maximum Gasteiger partial charge on any atom is 0.214 e. The van der Waals surface area contributed by atoms with Gasteiger partial charge in [0.05, 0.1) is 0 Å². The Kier molecular flexibility index (Phi) is 2.15. The minimum Gasteiger partial charge on any atom is -0.399 e. The van der Waals surface area contributed by atoms with Crippen molar-refractivity contribution in [1.82, 2.24) is 0 Å². The van der Waals surface area contributed by atoms with Crippen molar-refractivity contribution < 1.29 is 14.0 Å². The summed E-state index contributed by atoms with van der Waals surface area (Å²) >= 11 is 0. The van der Waals surface area contributed by atoms with Crippen molar-refractivity contribution in [2.24, 2.45) is 5.16 Å². The fourth-order valence-electron chi connectivity index (χ4n) is 0.652. The van der Waals surface area contributed by atoms with E-state index in [4.69, 9.17) is 0 Å². The van der Waals surface area contributed by atoms with Crippen LogP contribution in [0.15, 0.2) is 29.2 Å². The molecule has 3 nitrogen and oxygen atoms in total. The average Bonchev–Trinajstić information content (AvgIpc) is 1.98. The second-order valence-electron chi connectivity index (χ2n) is 1.89. The maximum absolute atomic E-state index is 12.5. The van der Waals surface area contributed by atoms with E-state index in [1.165, 1.54) is 13.2 Å². The van der Waals surface area contributed by atoms with Gasteiger partial charge in [-0.3, -0.25) is 4.79 Å².